The Kier molecular flexibility index (Phi) is 4.79. The lowest BCUT2D eigenvalue weighted by atomic mass is 10.3. The normalized spacial score (nSPS) is 12.7. The molecule has 2 aromatic rings. The molecule has 0 saturated heterocycles. The van der Waals surface area contributed by atoms with Crippen LogP contribution < -0.4 is 15.8 Å². The maximum Gasteiger partial charge on any atom is 0.238 e. The van der Waals surface area contributed by atoms with Crippen LogP contribution in [-0.4, -0.2) is 26.3 Å². The fraction of sp³-hybridized carbons (Fsp3) is 0.143. The SMILES string of the molecule is NS(=O)(=O)c1ccc(NC(CO)Nc2ccccc2)cc1. The first-order valence-corrected chi connectivity index (χ1v) is 7.85. The van der Waals surface area contributed by atoms with E-state index in [1.165, 1.54) is 12.1 Å². The summed E-state index contributed by atoms with van der Waals surface area (Å²) in [4.78, 5) is 0.0459. The zero-order valence-corrected chi connectivity index (χ0v) is 12.0. The predicted octanol–water partition coefficient (Wildman–Crippen LogP) is 1.18. The molecule has 2 rings (SSSR count). The molecule has 5 N–H and O–H groups in total. The second-order valence-electron chi connectivity index (χ2n) is 4.46. The Balaban J connectivity index is 2.05. The number of nitrogens with one attached hydrogen (secondary N) is 2. The second-order valence-corrected chi connectivity index (χ2v) is 6.02. The van der Waals surface area contributed by atoms with Crippen LogP contribution in [0.5, 0.6) is 0 Å². The molecule has 7 heteroatoms. The van der Waals surface area contributed by atoms with Crippen molar-refractivity contribution in [3.63, 3.8) is 0 Å². The molecule has 0 fully saturated rings. The topological polar surface area (TPSA) is 104 Å². The quantitative estimate of drug-likeness (QED) is 0.600. The highest BCUT2D eigenvalue weighted by molar-refractivity contribution is 7.89. The Morgan fingerprint density at radius 1 is 0.952 bits per heavy atom. The molecule has 0 heterocycles. The van der Waals surface area contributed by atoms with Crippen molar-refractivity contribution >= 4 is 21.4 Å². The molecular formula is C14H17N3O3S. The first kappa shape index (κ1) is 15.3. The zero-order valence-electron chi connectivity index (χ0n) is 11.2. The Morgan fingerprint density at radius 3 is 1.95 bits per heavy atom. The number of rotatable bonds is 6. The largest absolute Gasteiger partial charge is 0.392 e. The molecule has 1 atom stereocenters. The molecule has 0 radical (unpaired) electrons. The van der Waals surface area contributed by atoms with E-state index in [9.17, 15) is 13.5 Å². The molecule has 0 saturated carbocycles. The summed E-state index contributed by atoms with van der Waals surface area (Å²) >= 11 is 0. The number of primary sulfonamides is 1. The molecule has 0 aliphatic heterocycles. The smallest absolute Gasteiger partial charge is 0.238 e. The average Bonchev–Trinajstić information content (AvgIpc) is 2.47. The van der Waals surface area contributed by atoms with Crippen LogP contribution in [-0.2, 0) is 10.0 Å². The van der Waals surface area contributed by atoms with Crippen LogP contribution in [0.15, 0.2) is 59.5 Å². The minimum Gasteiger partial charge on any atom is -0.392 e. The van der Waals surface area contributed by atoms with Gasteiger partial charge < -0.3 is 15.7 Å². The third-order valence-electron chi connectivity index (χ3n) is 2.82. The van der Waals surface area contributed by atoms with Gasteiger partial charge in [0.05, 0.1) is 11.5 Å². The van der Waals surface area contributed by atoms with Crippen LogP contribution in [0.2, 0.25) is 0 Å². The number of nitrogens with two attached hydrogens (primary N) is 1. The van der Waals surface area contributed by atoms with Crippen molar-refractivity contribution in [2.24, 2.45) is 5.14 Å². The summed E-state index contributed by atoms with van der Waals surface area (Å²) in [6.45, 7) is -0.133. The van der Waals surface area contributed by atoms with Crippen molar-refractivity contribution in [2.75, 3.05) is 17.2 Å². The van der Waals surface area contributed by atoms with Gasteiger partial charge in [0.25, 0.3) is 0 Å². The van der Waals surface area contributed by atoms with E-state index in [-0.39, 0.29) is 11.5 Å². The van der Waals surface area contributed by atoms with Crippen molar-refractivity contribution in [3.05, 3.63) is 54.6 Å². The zero-order chi connectivity index (χ0) is 15.3. The number of aliphatic hydroxyl groups is 1. The molecule has 0 aliphatic rings. The van der Waals surface area contributed by atoms with Crippen LogP contribution in [0.3, 0.4) is 0 Å². The molecular weight excluding hydrogens is 290 g/mol. The maximum absolute atomic E-state index is 11.2. The van der Waals surface area contributed by atoms with Crippen LogP contribution in [0.1, 0.15) is 0 Å². The van der Waals surface area contributed by atoms with Crippen molar-refractivity contribution in [2.45, 2.75) is 11.1 Å². The number of hydrogen-bond acceptors (Lipinski definition) is 5. The molecule has 0 bridgehead atoms. The van der Waals surface area contributed by atoms with E-state index in [1.807, 2.05) is 30.3 Å². The van der Waals surface area contributed by atoms with Gasteiger partial charge in [-0.15, -0.1) is 0 Å². The molecule has 0 aliphatic carbocycles. The van der Waals surface area contributed by atoms with Gasteiger partial charge in [-0.25, -0.2) is 13.6 Å². The highest BCUT2D eigenvalue weighted by Crippen LogP contribution is 2.14. The fourth-order valence-corrected chi connectivity index (χ4v) is 2.32. The van der Waals surface area contributed by atoms with Crippen LogP contribution in [0.4, 0.5) is 11.4 Å². The van der Waals surface area contributed by atoms with E-state index in [1.54, 1.807) is 12.1 Å². The molecule has 6 nitrogen and oxygen atoms in total. The van der Waals surface area contributed by atoms with Crippen LogP contribution in [0.25, 0.3) is 0 Å². The first-order chi connectivity index (χ1) is 9.99. The summed E-state index contributed by atoms with van der Waals surface area (Å²) in [5, 5.41) is 20.6. The minimum atomic E-state index is -3.69. The highest BCUT2D eigenvalue weighted by atomic mass is 32.2. The standard InChI is InChI=1S/C14H17N3O3S/c15-21(19,20)13-8-6-12(7-9-13)17-14(10-18)16-11-4-2-1-3-5-11/h1-9,14,16-18H,10H2,(H2,15,19,20). The van der Waals surface area contributed by atoms with Gasteiger partial charge in [0.2, 0.25) is 10.0 Å². The number of para-hydroxylation sites is 1. The van der Waals surface area contributed by atoms with E-state index in [4.69, 9.17) is 5.14 Å². The molecule has 21 heavy (non-hydrogen) atoms. The van der Waals surface area contributed by atoms with E-state index in [0.717, 1.165) is 5.69 Å². The molecule has 112 valence electrons. The predicted molar refractivity (Wildman–Crippen MR) is 82.4 cm³/mol. The number of anilines is 2. The lowest BCUT2D eigenvalue weighted by Crippen LogP contribution is -2.32. The second kappa shape index (κ2) is 6.57. The Morgan fingerprint density at radius 2 is 1.48 bits per heavy atom. The Bertz CT molecular complexity index is 672. The number of sulfonamides is 1. The van der Waals surface area contributed by atoms with Crippen molar-refractivity contribution in [3.8, 4) is 0 Å². The van der Waals surface area contributed by atoms with Gasteiger partial charge in [0.15, 0.2) is 0 Å². The average molecular weight is 307 g/mol. The Labute approximate surface area is 123 Å². The van der Waals surface area contributed by atoms with Gasteiger partial charge >= 0.3 is 0 Å². The van der Waals surface area contributed by atoms with Gasteiger partial charge in [-0.1, -0.05) is 18.2 Å². The summed E-state index contributed by atoms with van der Waals surface area (Å²) in [7, 11) is -3.69. The van der Waals surface area contributed by atoms with E-state index < -0.39 is 16.2 Å². The van der Waals surface area contributed by atoms with E-state index >= 15 is 0 Å². The monoisotopic (exact) mass is 307 g/mol. The van der Waals surface area contributed by atoms with Crippen molar-refractivity contribution in [1.82, 2.24) is 0 Å². The van der Waals surface area contributed by atoms with Crippen molar-refractivity contribution < 1.29 is 13.5 Å². The third kappa shape index (κ3) is 4.45. The third-order valence-corrected chi connectivity index (χ3v) is 3.75. The maximum atomic E-state index is 11.2. The molecule has 2 aromatic carbocycles. The molecule has 0 spiro atoms. The van der Waals surface area contributed by atoms with Crippen LogP contribution >= 0.6 is 0 Å². The highest BCUT2D eigenvalue weighted by Gasteiger charge is 2.09. The summed E-state index contributed by atoms with van der Waals surface area (Å²) in [6, 6.07) is 15.4. The van der Waals surface area contributed by atoms with Gasteiger partial charge in [-0.3, -0.25) is 0 Å². The van der Waals surface area contributed by atoms with Gasteiger partial charge in [0, 0.05) is 11.4 Å². The number of benzene rings is 2. The summed E-state index contributed by atoms with van der Waals surface area (Å²) < 4.78 is 22.3. The lowest BCUT2D eigenvalue weighted by molar-refractivity contribution is 0.284. The molecule has 0 aromatic heterocycles. The number of hydrogen-bond donors (Lipinski definition) is 4. The van der Waals surface area contributed by atoms with Crippen molar-refractivity contribution in [1.29, 1.82) is 0 Å². The van der Waals surface area contributed by atoms with Crippen LogP contribution in [0, 0.1) is 0 Å². The number of aliphatic hydroxyl groups excluding tert-OH is 1. The van der Waals surface area contributed by atoms with E-state index in [0.29, 0.717) is 5.69 Å². The van der Waals surface area contributed by atoms with Gasteiger partial charge in [-0.05, 0) is 36.4 Å². The summed E-state index contributed by atoms with van der Waals surface area (Å²) in [5.41, 5.74) is 1.54. The Hall–Kier alpha value is -2.09. The summed E-state index contributed by atoms with van der Waals surface area (Å²) in [5.74, 6) is 0. The van der Waals surface area contributed by atoms with E-state index in [2.05, 4.69) is 10.6 Å². The van der Waals surface area contributed by atoms with Gasteiger partial charge in [-0.2, -0.15) is 0 Å². The minimum absolute atomic E-state index is 0.0459. The fourth-order valence-electron chi connectivity index (χ4n) is 1.80. The first-order valence-electron chi connectivity index (χ1n) is 6.31. The molecule has 0 amide bonds. The molecule has 1 unspecified atom stereocenters. The summed E-state index contributed by atoms with van der Waals surface area (Å²) in [6.07, 6.45) is -0.396. The van der Waals surface area contributed by atoms with Gasteiger partial charge in [0.1, 0.15) is 6.17 Å². The lowest BCUT2D eigenvalue weighted by Gasteiger charge is -2.20.